The Labute approximate surface area is 74.4 Å². The summed E-state index contributed by atoms with van der Waals surface area (Å²) in [5, 5.41) is 11.3. The van der Waals surface area contributed by atoms with E-state index in [2.05, 4.69) is 24.1 Å². The normalized spacial score (nSPS) is 19.1. The molecule has 0 amide bonds. The first-order valence-electron chi connectivity index (χ1n) is 4.53. The lowest BCUT2D eigenvalue weighted by Gasteiger charge is -2.28. The van der Waals surface area contributed by atoms with E-state index in [1.807, 2.05) is 6.19 Å². The highest BCUT2D eigenvalue weighted by molar-refractivity contribution is 4.88. The van der Waals surface area contributed by atoms with E-state index in [4.69, 9.17) is 5.26 Å². The Morgan fingerprint density at radius 2 is 2.00 bits per heavy atom. The van der Waals surface area contributed by atoms with Gasteiger partial charge in [-0.1, -0.05) is 0 Å². The smallest absolute Gasteiger partial charge is 0.177 e. The second kappa shape index (κ2) is 3.77. The molecule has 0 aromatic rings. The predicted molar refractivity (Wildman–Crippen MR) is 48.5 cm³/mol. The van der Waals surface area contributed by atoms with Crippen molar-refractivity contribution in [1.82, 2.24) is 10.2 Å². The van der Waals surface area contributed by atoms with Gasteiger partial charge in [-0.2, -0.15) is 5.26 Å². The molecule has 68 valence electrons. The fraction of sp³-hybridized carbons (Fsp3) is 0.889. The Bertz CT molecular complexity index is 175. The third-order valence-corrected chi connectivity index (χ3v) is 2.21. The van der Waals surface area contributed by atoms with E-state index >= 15 is 0 Å². The molecule has 0 aromatic carbocycles. The number of likely N-dealkylation sites (tertiary alicyclic amines) is 1. The van der Waals surface area contributed by atoms with Gasteiger partial charge in [0.15, 0.2) is 6.19 Å². The molecule has 12 heavy (non-hydrogen) atoms. The van der Waals surface area contributed by atoms with E-state index < -0.39 is 0 Å². The summed E-state index contributed by atoms with van der Waals surface area (Å²) in [5.41, 5.74) is -0.0703. The van der Waals surface area contributed by atoms with E-state index in [-0.39, 0.29) is 5.54 Å². The topological polar surface area (TPSA) is 39.1 Å². The molecule has 3 nitrogen and oxygen atoms in total. The van der Waals surface area contributed by atoms with Crippen molar-refractivity contribution in [3.05, 3.63) is 0 Å². The van der Waals surface area contributed by atoms with Crippen LogP contribution in [0.3, 0.4) is 0 Å². The first-order valence-corrected chi connectivity index (χ1v) is 4.53. The Hall–Kier alpha value is -0.750. The monoisotopic (exact) mass is 167 g/mol. The van der Waals surface area contributed by atoms with E-state index in [0.717, 1.165) is 6.54 Å². The van der Waals surface area contributed by atoms with Crippen molar-refractivity contribution in [1.29, 1.82) is 5.26 Å². The van der Waals surface area contributed by atoms with Gasteiger partial charge in [-0.25, -0.2) is 0 Å². The molecule has 0 saturated carbocycles. The largest absolute Gasteiger partial charge is 0.317 e. The SMILES string of the molecule is CC(C)(CN1CCCC1)NC#N. The minimum atomic E-state index is -0.0703. The van der Waals surface area contributed by atoms with Gasteiger partial charge < -0.3 is 10.2 Å². The first-order chi connectivity index (χ1) is 5.64. The minimum Gasteiger partial charge on any atom is -0.317 e. The number of nitrogens with one attached hydrogen (secondary N) is 1. The van der Waals surface area contributed by atoms with Crippen molar-refractivity contribution in [3.63, 3.8) is 0 Å². The van der Waals surface area contributed by atoms with Crippen molar-refractivity contribution in [3.8, 4) is 6.19 Å². The Morgan fingerprint density at radius 1 is 1.42 bits per heavy atom. The molecule has 0 bridgehead atoms. The van der Waals surface area contributed by atoms with Crippen LogP contribution in [0, 0.1) is 11.5 Å². The molecule has 3 heteroatoms. The molecule has 1 saturated heterocycles. The van der Waals surface area contributed by atoms with Crippen LogP contribution in [0.5, 0.6) is 0 Å². The van der Waals surface area contributed by atoms with E-state index in [1.165, 1.54) is 25.9 Å². The van der Waals surface area contributed by atoms with Crippen LogP contribution in [0.15, 0.2) is 0 Å². The predicted octanol–water partition coefficient (Wildman–Crippen LogP) is 0.931. The molecule has 0 atom stereocenters. The van der Waals surface area contributed by atoms with E-state index in [0.29, 0.717) is 0 Å². The zero-order chi connectivity index (χ0) is 9.03. The summed E-state index contributed by atoms with van der Waals surface area (Å²) in [7, 11) is 0. The van der Waals surface area contributed by atoms with Gasteiger partial charge in [-0.15, -0.1) is 0 Å². The fourth-order valence-corrected chi connectivity index (χ4v) is 1.69. The summed E-state index contributed by atoms with van der Waals surface area (Å²) in [5.74, 6) is 0. The van der Waals surface area contributed by atoms with Crippen LogP contribution in [-0.2, 0) is 0 Å². The summed E-state index contributed by atoms with van der Waals surface area (Å²) in [6.07, 6.45) is 4.62. The molecule has 0 unspecified atom stereocenters. The van der Waals surface area contributed by atoms with Crippen LogP contribution in [0.25, 0.3) is 0 Å². The molecule has 1 heterocycles. The summed E-state index contributed by atoms with van der Waals surface area (Å²) in [4.78, 5) is 2.41. The lowest BCUT2D eigenvalue weighted by molar-refractivity contribution is 0.252. The summed E-state index contributed by atoms with van der Waals surface area (Å²) in [6, 6.07) is 0. The number of hydrogen-bond donors (Lipinski definition) is 1. The fourth-order valence-electron chi connectivity index (χ4n) is 1.69. The Balaban J connectivity index is 2.33. The lowest BCUT2D eigenvalue weighted by Crippen LogP contribution is -2.46. The molecule has 1 rings (SSSR count). The molecule has 1 fully saturated rings. The highest BCUT2D eigenvalue weighted by atomic mass is 15.2. The van der Waals surface area contributed by atoms with Gasteiger partial charge in [0, 0.05) is 6.54 Å². The molecular weight excluding hydrogens is 150 g/mol. The Kier molecular flexibility index (Phi) is 2.93. The zero-order valence-corrected chi connectivity index (χ0v) is 7.93. The lowest BCUT2D eigenvalue weighted by atomic mass is 10.1. The van der Waals surface area contributed by atoms with Crippen molar-refractivity contribution >= 4 is 0 Å². The molecule has 0 spiro atoms. The average Bonchev–Trinajstić information content (AvgIpc) is 2.38. The van der Waals surface area contributed by atoms with Gasteiger partial charge in [0.25, 0.3) is 0 Å². The number of hydrogen-bond acceptors (Lipinski definition) is 3. The molecule has 1 aliphatic heterocycles. The summed E-state index contributed by atoms with van der Waals surface area (Å²) < 4.78 is 0. The van der Waals surface area contributed by atoms with Gasteiger partial charge in [0.1, 0.15) is 0 Å². The molecular formula is C9H17N3. The van der Waals surface area contributed by atoms with Gasteiger partial charge in [0.05, 0.1) is 5.54 Å². The van der Waals surface area contributed by atoms with Gasteiger partial charge in [-0.05, 0) is 39.8 Å². The van der Waals surface area contributed by atoms with Crippen LogP contribution in [-0.4, -0.2) is 30.1 Å². The van der Waals surface area contributed by atoms with Gasteiger partial charge in [-0.3, -0.25) is 0 Å². The highest BCUT2D eigenvalue weighted by Gasteiger charge is 2.22. The third-order valence-electron chi connectivity index (χ3n) is 2.21. The van der Waals surface area contributed by atoms with Gasteiger partial charge in [0.2, 0.25) is 0 Å². The highest BCUT2D eigenvalue weighted by Crippen LogP contribution is 2.12. The molecule has 1 N–H and O–H groups in total. The van der Waals surface area contributed by atoms with Crippen LogP contribution >= 0.6 is 0 Å². The van der Waals surface area contributed by atoms with Crippen molar-refractivity contribution in [2.45, 2.75) is 32.2 Å². The van der Waals surface area contributed by atoms with Gasteiger partial charge >= 0.3 is 0 Å². The van der Waals surface area contributed by atoms with Crippen molar-refractivity contribution < 1.29 is 0 Å². The van der Waals surface area contributed by atoms with Crippen LogP contribution in [0.1, 0.15) is 26.7 Å². The standard InChI is InChI=1S/C9H17N3/c1-9(2,11-8-10)7-12-5-3-4-6-12/h11H,3-7H2,1-2H3. The third kappa shape index (κ3) is 2.71. The Morgan fingerprint density at radius 3 is 2.50 bits per heavy atom. The summed E-state index contributed by atoms with van der Waals surface area (Å²) >= 11 is 0. The number of rotatable bonds is 3. The van der Waals surface area contributed by atoms with Crippen LogP contribution in [0.4, 0.5) is 0 Å². The van der Waals surface area contributed by atoms with Crippen molar-refractivity contribution in [2.75, 3.05) is 19.6 Å². The van der Waals surface area contributed by atoms with E-state index in [1.54, 1.807) is 0 Å². The minimum absolute atomic E-state index is 0.0703. The summed E-state index contributed by atoms with van der Waals surface area (Å²) in [6.45, 7) is 7.48. The maximum absolute atomic E-state index is 8.50. The second-order valence-corrected chi connectivity index (χ2v) is 4.10. The van der Waals surface area contributed by atoms with E-state index in [9.17, 15) is 0 Å². The van der Waals surface area contributed by atoms with Crippen LogP contribution in [0.2, 0.25) is 0 Å². The zero-order valence-electron chi connectivity index (χ0n) is 7.93. The molecule has 0 radical (unpaired) electrons. The average molecular weight is 167 g/mol. The number of nitriles is 1. The number of nitrogens with zero attached hydrogens (tertiary/aromatic N) is 2. The quantitative estimate of drug-likeness (QED) is 0.502. The molecule has 0 aromatic heterocycles. The molecule has 0 aliphatic carbocycles. The second-order valence-electron chi connectivity index (χ2n) is 4.10. The molecule has 1 aliphatic rings. The maximum atomic E-state index is 8.50. The maximum Gasteiger partial charge on any atom is 0.177 e. The van der Waals surface area contributed by atoms with Crippen molar-refractivity contribution in [2.24, 2.45) is 0 Å². The first kappa shape index (κ1) is 9.34. The van der Waals surface area contributed by atoms with Crippen LogP contribution < -0.4 is 5.32 Å².